The average molecular weight is 419 g/mol. The lowest BCUT2D eigenvalue weighted by Gasteiger charge is -2.22. The minimum atomic E-state index is -0.195. The predicted octanol–water partition coefficient (Wildman–Crippen LogP) is 6.52. The predicted molar refractivity (Wildman–Crippen MR) is 124 cm³/mol. The normalized spacial score (nSPS) is 14.7. The second kappa shape index (κ2) is 9.72. The molecule has 1 amide bonds. The number of nitrogens with zero attached hydrogens (tertiary/aromatic N) is 1. The summed E-state index contributed by atoms with van der Waals surface area (Å²) in [6.07, 6.45) is 9.95. The Morgan fingerprint density at radius 2 is 1.80 bits per heavy atom. The molecule has 154 valence electrons. The van der Waals surface area contributed by atoms with Gasteiger partial charge in [-0.25, -0.2) is 4.98 Å². The maximum atomic E-state index is 12.2. The van der Waals surface area contributed by atoms with Gasteiger partial charge in [-0.2, -0.15) is 0 Å². The molecule has 0 bridgehead atoms. The van der Waals surface area contributed by atoms with E-state index in [1.54, 1.807) is 13.2 Å². The Kier molecular flexibility index (Phi) is 6.60. The number of anilines is 1. The minimum absolute atomic E-state index is 0.195. The Morgan fingerprint density at radius 1 is 1.07 bits per heavy atom. The van der Waals surface area contributed by atoms with Gasteiger partial charge in [0.25, 0.3) is 0 Å². The van der Waals surface area contributed by atoms with Gasteiger partial charge in [0.2, 0.25) is 5.91 Å². The van der Waals surface area contributed by atoms with Gasteiger partial charge >= 0.3 is 0 Å². The van der Waals surface area contributed by atoms with E-state index in [-0.39, 0.29) is 5.91 Å². The molecule has 0 spiro atoms. The van der Waals surface area contributed by atoms with Crippen LogP contribution in [0.1, 0.15) is 49.1 Å². The van der Waals surface area contributed by atoms with Gasteiger partial charge in [-0.3, -0.25) is 10.1 Å². The van der Waals surface area contributed by atoms with Crippen molar-refractivity contribution in [2.45, 2.75) is 38.0 Å². The lowest BCUT2D eigenvalue weighted by molar-refractivity contribution is -0.111. The van der Waals surface area contributed by atoms with Crippen molar-refractivity contribution in [1.29, 1.82) is 0 Å². The monoisotopic (exact) mass is 418 g/mol. The number of aromatic nitrogens is 1. The van der Waals surface area contributed by atoms with E-state index in [4.69, 9.17) is 4.74 Å². The van der Waals surface area contributed by atoms with Crippen LogP contribution in [0.15, 0.2) is 60.0 Å². The Morgan fingerprint density at radius 3 is 2.50 bits per heavy atom. The van der Waals surface area contributed by atoms with Crippen molar-refractivity contribution in [3.05, 3.63) is 71.1 Å². The molecule has 1 fully saturated rings. The average Bonchev–Trinajstić information content (AvgIpc) is 3.27. The summed E-state index contributed by atoms with van der Waals surface area (Å²) in [5, 5.41) is 5.43. The van der Waals surface area contributed by atoms with Crippen LogP contribution in [0.4, 0.5) is 5.13 Å². The second-order valence-electron chi connectivity index (χ2n) is 7.59. The molecule has 0 aliphatic heterocycles. The Balaban J connectivity index is 1.36. The quantitative estimate of drug-likeness (QED) is 0.464. The lowest BCUT2D eigenvalue weighted by Crippen LogP contribution is -2.07. The molecule has 1 aromatic heterocycles. The van der Waals surface area contributed by atoms with Gasteiger partial charge in [-0.1, -0.05) is 55.7 Å². The van der Waals surface area contributed by atoms with E-state index in [0.29, 0.717) is 11.0 Å². The van der Waals surface area contributed by atoms with Crippen LogP contribution in [0, 0.1) is 0 Å². The standard InChI is InChI=1S/C25H26N2O2S/c1-29-22-14-7-18(8-15-22)9-16-24(28)27-25-26-23(17-30-25)21-12-10-20(11-13-21)19-5-3-2-4-6-19/h7-17,19H,2-6H2,1H3,(H,26,27,28). The summed E-state index contributed by atoms with van der Waals surface area (Å²) < 4.78 is 5.14. The zero-order valence-electron chi connectivity index (χ0n) is 17.1. The number of carbonyl (C=O) groups excluding carboxylic acids is 1. The van der Waals surface area contributed by atoms with Gasteiger partial charge in [-0.05, 0) is 48.1 Å². The minimum Gasteiger partial charge on any atom is -0.497 e. The summed E-state index contributed by atoms with van der Waals surface area (Å²) in [6.45, 7) is 0. The molecule has 2 aromatic carbocycles. The van der Waals surface area contributed by atoms with Crippen molar-refractivity contribution in [2.75, 3.05) is 12.4 Å². The molecule has 1 aliphatic carbocycles. The first-order chi connectivity index (χ1) is 14.7. The summed E-state index contributed by atoms with van der Waals surface area (Å²) in [4.78, 5) is 16.8. The largest absolute Gasteiger partial charge is 0.497 e. The van der Waals surface area contributed by atoms with E-state index in [9.17, 15) is 4.79 Å². The van der Waals surface area contributed by atoms with Gasteiger partial charge < -0.3 is 4.74 Å². The first-order valence-corrected chi connectivity index (χ1v) is 11.3. The number of ether oxygens (including phenoxy) is 1. The summed E-state index contributed by atoms with van der Waals surface area (Å²) in [5.41, 5.74) is 4.35. The highest BCUT2D eigenvalue weighted by atomic mass is 32.1. The van der Waals surface area contributed by atoms with E-state index in [2.05, 4.69) is 34.6 Å². The summed E-state index contributed by atoms with van der Waals surface area (Å²) in [6, 6.07) is 16.3. The van der Waals surface area contributed by atoms with Crippen LogP contribution in [0.2, 0.25) is 0 Å². The number of benzene rings is 2. The van der Waals surface area contributed by atoms with Crippen LogP contribution in [0.25, 0.3) is 17.3 Å². The molecule has 3 aromatic rings. The van der Waals surface area contributed by atoms with E-state index in [1.165, 1.54) is 55.1 Å². The highest BCUT2D eigenvalue weighted by molar-refractivity contribution is 7.14. The van der Waals surface area contributed by atoms with E-state index in [1.807, 2.05) is 29.6 Å². The Hall–Kier alpha value is -2.92. The van der Waals surface area contributed by atoms with E-state index in [0.717, 1.165) is 22.6 Å². The molecule has 0 radical (unpaired) electrons. The van der Waals surface area contributed by atoms with Gasteiger partial charge in [0, 0.05) is 17.0 Å². The maximum Gasteiger partial charge on any atom is 0.250 e. The van der Waals surface area contributed by atoms with Crippen LogP contribution in [-0.4, -0.2) is 18.0 Å². The molecule has 0 unspecified atom stereocenters. The summed E-state index contributed by atoms with van der Waals surface area (Å²) in [7, 11) is 1.63. The molecular weight excluding hydrogens is 392 g/mol. The molecule has 1 heterocycles. The number of nitrogens with one attached hydrogen (secondary N) is 1. The van der Waals surface area contributed by atoms with Crippen LogP contribution in [0.5, 0.6) is 5.75 Å². The van der Waals surface area contributed by atoms with Crippen molar-refractivity contribution in [3.63, 3.8) is 0 Å². The first-order valence-electron chi connectivity index (χ1n) is 10.4. The van der Waals surface area contributed by atoms with Crippen LogP contribution in [0.3, 0.4) is 0 Å². The zero-order chi connectivity index (χ0) is 20.8. The van der Waals surface area contributed by atoms with Crippen molar-refractivity contribution in [2.24, 2.45) is 0 Å². The van der Waals surface area contributed by atoms with Gasteiger partial charge in [0.1, 0.15) is 5.75 Å². The van der Waals surface area contributed by atoms with Gasteiger partial charge in [-0.15, -0.1) is 11.3 Å². The number of hydrogen-bond donors (Lipinski definition) is 1. The van der Waals surface area contributed by atoms with Crippen LogP contribution >= 0.6 is 11.3 Å². The molecule has 4 rings (SSSR count). The smallest absolute Gasteiger partial charge is 0.250 e. The first kappa shape index (κ1) is 20.4. The molecule has 1 saturated carbocycles. The SMILES string of the molecule is COc1ccc(C=CC(=O)Nc2nc(-c3ccc(C4CCCCC4)cc3)cs2)cc1. The van der Waals surface area contributed by atoms with E-state index >= 15 is 0 Å². The maximum absolute atomic E-state index is 12.2. The van der Waals surface area contributed by atoms with Crippen molar-refractivity contribution >= 4 is 28.5 Å². The second-order valence-corrected chi connectivity index (χ2v) is 8.45. The van der Waals surface area contributed by atoms with Crippen molar-refractivity contribution < 1.29 is 9.53 Å². The molecule has 4 nitrogen and oxygen atoms in total. The highest BCUT2D eigenvalue weighted by Gasteiger charge is 2.15. The topological polar surface area (TPSA) is 51.2 Å². The fourth-order valence-electron chi connectivity index (χ4n) is 3.86. The number of thiazole rings is 1. The molecule has 30 heavy (non-hydrogen) atoms. The summed E-state index contributed by atoms with van der Waals surface area (Å²) >= 11 is 1.44. The fraction of sp³-hybridized carbons (Fsp3) is 0.280. The number of hydrogen-bond acceptors (Lipinski definition) is 4. The van der Waals surface area contributed by atoms with E-state index < -0.39 is 0 Å². The van der Waals surface area contributed by atoms with Crippen molar-refractivity contribution in [3.8, 4) is 17.0 Å². The molecule has 1 aliphatic rings. The zero-order valence-corrected chi connectivity index (χ0v) is 18.0. The third-order valence-electron chi connectivity index (χ3n) is 5.56. The fourth-order valence-corrected chi connectivity index (χ4v) is 4.58. The third-order valence-corrected chi connectivity index (χ3v) is 6.32. The molecule has 5 heteroatoms. The lowest BCUT2D eigenvalue weighted by atomic mass is 9.84. The number of methoxy groups -OCH3 is 1. The number of amides is 1. The van der Waals surface area contributed by atoms with Gasteiger partial charge in [0.05, 0.1) is 12.8 Å². The highest BCUT2D eigenvalue weighted by Crippen LogP contribution is 2.34. The van der Waals surface area contributed by atoms with Crippen LogP contribution < -0.4 is 10.1 Å². The molecular formula is C25H26N2O2S. The number of rotatable bonds is 6. The van der Waals surface area contributed by atoms with Gasteiger partial charge in [0.15, 0.2) is 5.13 Å². The third kappa shape index (κ3) is 5.16. The molecule has 0 atom stereocenters. The molecule has 1 N–H and O–H groups in total. The number of carbonyl (C=O) groups is 1. The Labute approximate surface area is 181 Å². The van der Waals surface area contributed by atoms with Crippen molar-refractivity contribution in [1.82, 2.24) is 4.98 Å². The molecule has 0 saturated heterocycles. The summed E-state index contributed by atoms with van der Waals surface area (Å²) in [5.74, 6) is 1.30. The Bertz CT molecular complexity index is 1000. The van der Waals surface area contributed by atoms with Crippen LogP contribution in [-0.2, 0) is 4.79 Å².